The second-order valence-electron chi connectivity index (χ2n) is 22.8. The summed E-state index contributed by atoms with van der Waals surface area (Å²) in [5.74, 6) is 0. The number of fused-ring (bicyclic) bond motifs is 2. The van der Waals surface area contributed by atoms with Gasteiger partial charge in [-0.3, -0.25) is 0 Å². The molecule has 0 N–H and O–H groups in total. The Hall–Kier alpha value is -11.5. The van der Waals surface area contributed by atoms with Gasteiger partial charge in [0, 0.05) is 56.3 Å². The molecule has 0 fully saturated rings. The third kappa shape index (κ3) is 10.4. The first-order valence-electron chi connectivity index (χ1n) is 30.2. The molecule has 15 aromatic rings. The zero-order valence-electron chi connectivity index (χ0n) is 49.1. The molecule has 0 aliphatic rings. The van der Waals surface area contributed by atoms with Crippen molar-refractivity contribution in [3.8, 4) is 78.4 Å². The van der Waals surface area contributed by atoms with E-state index in [1.165, 1.54) is 55.6 Å². The van der Waals surface area contributed by atoms with Crippen molar-refractivity contribution in [2.45, 2.75) is 13.8 Å². The lowest BCUT2D eigenvalue weighted by atomic mass is 10.0. The highest BCUT2D eigenvalue weighted by Gasteiger charge is 2.22. The third-order valence-corrected chi connectivity index (χ3v) is 17.1. The molecular formula is C84H62N4. The summed E-state index contributed by atoms with van der Waals surface area (Å²) >= 11 is 0. The van der Waals surface area contributed by atoms with E-state index in [-0.39, 0.29) is 0 Å². The van der Waals surface area contributed by atoms with Crippen LogP contribution in [0.3, 0.4) is 0 Å². The third-order valence-electron chi connectivity index (χ3n) is 17.1. The van der Waals surface area contributed by atoms with Crippen molar-refractivity contribution in [1.29, 1.82) is 0 Å². The Kier molecular flexibility index (Phi) is 14.0. The first-order chi connectivity index (χ1) is 43.4. The predicted molar refractivity (Wildman–Crippen MR) is 372 cm³/mol. The van der Waals surface area contributed by atoms with Gasteiger partial charge in [0.25, 0.3) is 0 Å². The minimum Gasteiger partial charge on any atom is -0.311 e. The minimum absolute atomic E-state index is 1.07. The molecule has 4 nitrogen and oxygen atoms in total. The summed E-state index contributed by atoms with van der Waals surface area (Å²) in [4.78, 5) is 4.72. The molecule has 15 rings (SSSR count). The van der Waals surface area contributed by atoms with Gasteiger partial charge in [0.15, 0.2) is 0 Å². The van der Waals surface area contributed by atoms with Crippen molar-refractivity contribution in [3.05, 3.63) is 351 Å². The Labute approximate surface area is 515 Å². The molecule has 0 unspecified atom stereocenters. The van der Waals surface area contributed by atoms with E-state index < -0.39 is 0 Å². The monoisotopic (exact) mass is 1130 g/mol. The molecule has 0 aliphatic carbocycles. The van der Waals surface area contributed by atoms with Gasteiger partial charge >= 0.3 is 0 Å². The lowest BCUT2D eigenvalue weighted by Gasteiger charge is -2.26. The molecular weight excluding hydrogens is 1060 g/mol. The highest BCUT2D eigenvalue weighted by Crippen LogP contribution is 2.43. The van der Waals surface area contributed by atoms with Crippen molar-refractivity contribution < 1.29 is 0 Å². The summed E-state index contributed by atoms with van der Waals surface area (Å²) in [7, 11) is 0. The van der Waals surface area contributed by atoms with Gasteiger partial charge in [-0.15, -0.1) is 0 Å². The van der Waals surface area contributed by atoms with Gasteiger partial charge in [0.2, 0.25) is 0 Å². The van der Waals surface area contributed by atoms with Gasteiger partial charge in [-0.25, -0.2) is 0 Å². The lowest BCUT2D eigenvalue weighted by molar-refractivity contribution is 1.13. The summed E-state index contributed by atoms with van der Waals surface area (Å²) in [6, 6.07) is 124. The molecule has 13 aromatic carbocycles. The van der Waals surface area contributed by atoms with Crippen LogP contribution in [0.15, 0.2) is 340 Å². The zero-order chi connectivity index (χ0) is 58.9. The van der Waals surface area contributed by atoms with Crippen LogP contribution in [0.2, 0.25) is 0 Å². The molecule has 0 spiro atoms. The summed E-state index contributed by atoms with van der Waals surface area (Å²) in [6.45, 7) is 4.31. The summed E-state index contributed by atoms with van der Waals surface area (Å²) in [5.41, 5.74) is 27.4. The normalized spacial score (nSPS) is 11.3. The van der Waals surface area contributed by atoms with E-state index in [0.717, 1.165) is 89.8 Å². The second-order valence-corrected chi connectivity index (χ2v) is 22.8. The average molecular weight is 1130 g/mol. The van der Waals surface area contributed by atoms with E-state index in [4.69, 9.17) is 0 Å². The van der Waals surface area contributed by atoms with Gasteiger partial charge < -0.3 is 18.9 Å². The predicted octanol–water partition coefficient (Wildman–Crippen LogP) is 23.1. The molecule has 418 valence electrons. The molecule has 0 saturated heterocycles. The molecule has 2 aromatic heterocycles. The van der Waals surface area contributed by atoms with Crippen LogP contribution in [0.1, 0.15) is 11.1 Å². The maximum absolute atomic E-state index is 2.45. The molecule has 0 amide bonds. The fourth-order valence-electron chi connectivity index (χ4n) is 12.5. The number of aromatic nitrogens is 2. The molecule has 0 aliphatic heterocycles. The second kappa shape index (κ2) is 23.2. The van der Waals surface area contributed by atoms with Crippen molar-refractivity contribution in [2.75, 3.05) is 9.80 Å². The van der Waals surface area contributed by atoms with Gasteiger partial charge in [-0.1, -0.05) is 230 Å². The Morgan fingerprint density at radius 1 is 0.205 bits per heavy atom. The van der Waals surface area contributed by atoms with E-state index in [1.807, 2.05) is 0 Å². The quantitative estimate of drug-likeness (QED) is 0.108. The highest BCUT2D eigenvalue weighted by molar-refractivity contribution is 6.02. The number of hydrogen-bond acceptors (Lipinski definition) is 2. The van der Waals surface area contributed by atoms with Crippen LogP contribution < -0.4 is 9.80 Å². The Morgan fingerprint density at radius 3 is 0.670 bits per heavy atom. The fourth-order valence-corrected chi connectivity index (χ4v) is 12.5. The Bertz CT molecular complexity index is 4380. The van der Waals surface area contributed by atoms with Gasteiger partial charge in [0.05, 0.1) is 22.4 Å². The van der Waals surface area contributed by atoms with Crippen LogP contribution in [0.25, 0.3) is 100 Å². The number of hydrogen-bond donors (Lipinski definition) is 0. The first-order valence-corrected chi connectivity index (χ1v) is 30.2. The van der Waals surface area contributed by atoms with Crippen molar-refractivity contribution in [1.82, 2.24) is 9.13 Å². The number of nitrogens with zero attached hydrogens (tertiary/aromatic N) is 4. The number of rotatable bonds is 14. The van der Waals surface area contributed by atoms with E-state index in [2.05, 4.69) is 372 Å². The highest BCUT2D eigenvalue weighted by atomic mass is 15.1. The van der Waals surface area contributed by atoms with E-state index in [0.29, 0.717) is 0 Å². The number of aryl methyl sites for hydroxylation is 2. The zero-order valence-corrected chi connectivity index (χ0v) is 49.1. The van der Waals surface area contributed by atoms with Crippen LogP contribution in [0.4, 0.5) is 34.1 Å². The van der Waals surface area contributed by atoms with Crippen LogP contribution >= 0.6 is 0 Å². The topological polar surface area (TPSA) is 16.3 Å². The minimum atomic E-state index is 1.07. The largest absolute Gasteiger partial charge is 0.311 e. The van der Waals surface area contributed by atoms with E-state index in [1.54, 1.807) is 0 Å². The van der Waals surface area contributed by atoms with E-state index >= 15 is 0 Å². The van der Waals surface area contributed by atoms with Crippen LogP contribution in [0, 0.1) is 13.8 Å². The summed E-state index contributed by atoms with van der Waals surface area (Å²) in [5, 5.41) is 2.31. The fraction of sp³-hybridized carbons (Fsp3) is 0.0238. The van der Waals surface area contributed by atoms with Crippen LogP contribution in [-0.2, 0) is 0 Å². The average Bonchev–Trinajstić information content (AvgIpc) is 1.80. The van der Waals surface area contributed by atoms with Crippen LogP contribution in [0.5, 0.6) is 0 Å². The maximum atomic E-state index is 2.45. The maximum Gasteiger partial charge on any atom is 0.0542 e. The van der Waals surface area contributed by atoms with Gasteiger partial charge in [-0.05, 0) is 191 Å². The number of benzene rings is 13. The van der Waals surface area contributed by atoms with Crippen molar-refractivity contribution in [3.63, 3.8) is 0 Å². The molecule has 0 bridgehead atoms. The molecule has 88 heavy (non-hydrogen) atoms. The van der Waals surface area contributed by atoms with Gasteiger partial charge in [0.1, 0.15) is 0 Å². The molecule has 0 saturated carbocycles. The molecule has 0 radical (unpaired) electrons. The summed E-state index contributed by atoms with van der Waals surface area (Å²) < 4.78 is 4.89. The number of anilines is 6. The molecule has 4 heteroatoms. The van der Waals surface area contributed by atoms with Crippen molar-refractivity contribution >= 4 is 55.9 Å². The van der Waals surface area contributed by atoms with Gasteiger partial charge in [-0.2, -0.15) is 0 Å². The first kappa shape index (κ1) is 53.3. The van der Waals surface area contributed by atoms with E-state index in [9.17, 15) is 0 Å². The smallest absolute Gasteiger partial charge is 0.0542 e. The Balaban J connectivity index is 0.839. The lowest BCUT2D eigenvalue weighted by Crippen LogP contribution is -2.10. The van der Waals surface area contributed by atoms with Crippen molar-refractivity contribution in [2.24, 2.45) is 0 Å². The standard InChI is InChI=1S/C84H62N4/c1-59-23-27-69(28-24-59)81-55-71-57-84-72(58-83(71)87(81)79-51-47-77(48-52-79)85(73-39-31-65(32-40-73)61-15-7-3-8-16-61)74-41-33-66(34-42-74)62-17-9-4-10-18-62)56-82(70-29-25-60(2)26-30-70)88(84)80-53-49-78(50-54-80)86(75-43-35-67(36-44-75)63-19-11-5-12-20-63)76-45-37-68(38-46-76)64-21-13-6-14-22-64/h3-58H,1-2H3. The summed E-state index contributed by atoms with van der Waals surface area (Å²) in [6.07, 6.45) is 0. The molecule has 2 heterocycles. The molecule has 0 atom stereocenters. The Morgan fingerprint density at radius 2 is 0.420 bits per heavy atom. The van der Waals surface area contributed by atoms with Crippen LogP contribution in [-0.4, -0.2) is 9.13 Å². The SMILES string of the molecule is Cc1ccc(-c2cc3cc4c(cc(-c5ccc(C)cc5)n4-c4ccc(N(c5ccc(-c6ccccc6)cc5)c5ccc(-c6ccccc6)cc5)cc4)cc3n2-c2ccc(N(c3ccc(-c4ccccc4)cc3)c3ccc(-c4ccccc4)cc3)cc2)cc1.